The van der Waals surface area contributed by atoms with Crippen LogP contribution in [0.2, 0.25) is 0 Å². The quantitative estimate of drug-likeness (QED) is 0.455. The normalized spacial score (nSPS) is 10.7. The van der Waals surface area contributed by atoms with Gasteiger partial charge in [0.05, 0.1) is 5.56 Å². The molecule has 3 heterocycles. The zero-order valence-electron chi connectivity index (χ0n) is 16.5. The molecule has 3 N–H and O–H groups in total. The molecule has 2 amide bonds. The highest BCUT2D eigenvalue weighted by atomic mass is 32.1. The van der Waals surface area contributed by atoms with Crippen LogP contribution < -0.4 is 11.1 Å². The Labute approximate surface area is 181 Å². The van der Waals surface area contributed by atoms with Gasteiger partial charge in [0.15, 0.2) is 0 Å². The Hall–Kier alpha value is -3.92. The van der Waals surface area contributed by atoms with Crippen LogP contribution >= 0.6 is 11.3 Å². The maximum Gasteiger partial charge on any atom is 0.252 e. The van der Waals surface area contributed by atoms with Gasteiger partial charge in [-0.25, -0.2) is 9.97 Å². The molecule has 10 heteroatoms. The third-order valence-corrected chi connectivity index (χ3v) is 5.47. The maximum atomic E-state index is 12.5. The van der Waals surface area contributed by atoms with Crippen molar-refractivity contribution < 1.29 is 14.1 Å². The SMILES string of the molecule is Cc1sc(NC(=O)CCc2nc(-c3ncccn3)no2)c(C(N)=O)c1-c1ccccc1. The second kappa shape index (κ2) is 8.84. The number of rotatable bonds is 7. The van der Waals surface area contributed by atoms with Crippen molar-refractivity contribution in [3.63, 3.8) is 0 Å². The molecule has 4 rings (SSSR count). The predicted molar refractivity (Wildman–Crippen MR) is 115 cm³/mol. The van der Waals surface area contributed by atoms with Crippen molar-refractivity contribution in [3.05, 3.63) is 65.1 Å². The van der Waals surface area contributed by atoms with Gasteiger partial charge < -0.3 is 15.6 Å². The van der Waals surface area contributed by atoms with E-state index in [9.17, 15) is 9.59 Å². The van der Waals surface area contributed by atoms with E-state index in [0.717, 1.165) is 16.0 Å². The number of carbonyl (C=O) groups is 2. The van der Waals surface area contributed by atoms with Gasteiger partial charge in [-0.2, -0.15) is 4.98 Å². The molecule has 0 aliphatic rings. The number of hydrogen-bond acceptors (Lipinski definition) is 8. The molecule has 0 saturated heterocycles. The fraction of sp³-hybridized carbons (Fsp3) is 0.143. The first-order valence-corrected chi connectivity index (χ1v) is 10.2. The molecule has 0 unspecified atom stereocenters. The number of thiophene rings is 1. The van der Waals surface area contributed by atoms with E-state index in [2.05, 4.69) is 25.4 Å². The largest absolute Gasteiger partial charge is 0.365 e. The van der Waals surface area contributed by atoms with Crippen LogP contribution in [0.15, 0.2) is 53.3 Å². The molecular weight excluding hydrogens is 416 g/mol. The molecule has 31 heavy (non-hydrogen) atoms. The van der Waals surface area contributed by atoms with Crippen molar-refractivity contribution in [1.29, 1.82) is 0 Å². The summed E-state index contributed by atoms with van der Waals surface area (Å²) in [4.78, 5) is 37.9. The number of anilines is 1. The summed E-state index contributed by atoms with van der Waals surface area (Å²) >= 11 is 1.31. The molecule has 0 saturated carbocycles. The molecule has 156 valence electrons. The highest BCUT2D eigenvalue weighted by Gasteiger charge is 2.23. The second-order valence-corrected chi connectivity index (χ2v) is 7.82. The van der Waals surface area contributed by atoms with E-state index in [0.29, 0.717) is 22.3 Å². The highest BCUT2D eigenvalue weighted by Crippen LogP contribution is 2.39. The number of hydrogen-bond donors (Lipinski definition) is 2. The summed E-state index contributed by atoms with van der Waals surface area (Å²) in [5.74, 6) is 0.00556. The molecule has 0 fully saturated rings. The van der Waals surface area contributed by atoms with Crippen molar-refractivity contribution in [2.75, 3.05) is 5.32 Å². The van der Waals surface area contributed by atoms with E-state index in [1.807, 2.05) is 37.3 Å². The Kier molecular flexibility index (Phi) is 5.80. The Morgan fingerprint density at radius 2 is 1.84 bits per heavy atom. The molecule has 0 radical (unpaired) electrons. The lowest BCUT2D eigenvalue weighted by atomic mass is 10.0. The van der Waals surface area contributed by atoms with Crippen molar-refractivity contribution in [1.82, 2.24) is 20.1 Å². The van der Waals surface area contributed by atoms with Crippen molar-refractivity contribution in [2.24, 2.45) is 5.73 Å². The fourth-order valence-corrected chi connectivity index (χ4v) is 4.19. The zero-order chi connectivity index (χ0) is 21.8. The number of aryl methyl sites for hydroxylation is 2. The minimum absolute atomic E-state index is 0.0904. The Morgan fingerprint density at radius 1 is 1.10 bits per heavy atom. The molecule has 0 aliphatic carbocycles. The van der Waals surface area contributed by atoms with Crippen LogP contribution in [0.3, 0.4) is 0 Å². The maximum absolute atomic E-state index is 12.5. The summed E-state index contributed by atoms with van der Waals surface area (Å²) in [6, 6.07) is 11.1. The zero-order valence-corrected chi connectivity index (χ0v) is 17.3. The Morgan fingerprint density at radius 3 is 2.55 bits per heavy atom. The summed E-state index contributed by atoms with van der Waals surface area (Å²) in [5, 5.41) is 7.06. The summed E-state index contributed by atoms with van der Waals surface area (Å²) in [6.07, 6.45) is 3.48. The Balaban J connectivity index is 1.47. The summed E-state index contributed by atoms with van der Waals surface area (Å²) in [5.41, 5.74) is 7.55. The minimum atomic E-state index is -0.595. The third-order valence-electron chi connectivity index (χ3n) is 4.45. The lowest BCUT2D eigenvalue weighted by Crippen LogP contribution is -2.17. The first kappa shape index (κ1) is 20.4. The van der Waals surface area contributed by atoms with Crippen LogP contribution in [0.4, 0.5) is 5.00 Å². The van der Waals surface area contributed by atoms with Gasteiger partial charge >= 0.3 is 0 Å². The first-order chi connectivity index (χ1) is 15.0. The van der Waals surface area contributed by atoms with E-state index < -0.39 is 5.91 Å². The lowest BCUT2D eigenvalue weighted by molar-refractivity contribution is -0.116. The van der Waals surface area contributed by atoms with Crippen LogP contribution in [0, 0.1) is 6.92 Å². The van der Waals surface area contributed by atoms with Crippen LogP contribution in [-0.4, -0.2) is 31.9 Å². The van der Waals surface area contributed by atoms with E-state index in [-0.39, 0.29) is 24.6 Å². The summed E-state index contributed by atoms with van der Waals surface area (Å²) in [6.45, 7) is 1.89. The molecule has 0 aliphatic heterocycles. The third kappa shape index (κ3) is 4.48. The number of nitrogens with zero attached hydrogens (tertiary/aromatic N) is 4. The van der Waals surface area contributed by atoms with Gasteiger partial charge in [-0.1, -0.05) is 35.5 Å². The van der Waals surface area contributed by atoms with Gasteiger partial charge in [0.25, 0.3) is 5.91 Å². The molecule has 4 aromatic rings. The number of nitrogens with two attached hydrogens (primary N) is 1. The topological polar surface area (TPSA) is 137 Å². The second-order valence-electron chi connectivity index (χ2n) is 6.60. The standard InChI is InChI=1S/C21H18N6O3S/c1-12-16(13-6-3-2-4-7-13)17(18(22)29)21(31-12)25-14(28)8-9-15-26-20(27-30-15)19-23-10-5-11-24-19/h2-7,10-11H,8-9H2,1H3,(H2,22,29)(H,25,28). The first-order valence-electron chi connectivity index (χ1n) is 9.41. The van der Waals surface area contributed by atoms with Crippen molar-refractivity contribution >= 4 is 28.2 Å². The van der Waals surface area contributed by atoms with Gasteiger partial charge in [-0.05, 0) is 18.6 Å². The summed E-state index contributed by atoms with van der Waals surface area (Å²) in [7, 11) is 0. The van der Waals surface area contributed by atoms with E-state index >= 15 is 0 Å². The van der Waals surface area contributed by atoms with Gasteiger partial charge in [0.1, 0.15) is 5.00 Å². The van der Waals surface area contributed by atoms with Crippen molar-refractivity contribution in [2.45, 2.75) is 19.8 Å². The number of primary amides is 1. The lowest BCUT2D eigenvalue weighted by Gasteiger charge is -2.06. The molecule has 0 atom stereocenters. The van der Waals surface area contributed by atoms with Gasteiger partial charge in [0.2, 0.25) is 23.4 Å². The minimum Gasteiger partial charge on any atom is -0.365 e. The van der Waals surface area contributed by atoms with Gasteiger partial charge in [0, 0.05) is 35.7 Å². The average Bonchev–Trinajstić information content (AvgIpc) is 3.38. The van der Waals surface area contributed by atoms with Gasteiger partial charge in [-0.3, -0.25) is 9.59 Å². The van der Waals surface area contributed by atoms with Gasteiger partial charge in [-0.15, -0.1) is 11.3 Å². The smallest absolute Gasteiger partial charge is 0.252 e. The molecule has 1 aromatic carbocycles. The fourth-order valence-electron chi connectivity index (χ4n) is 3.09. The molecule has 9 nitrogen and oxygen atoms in total. The van der Waals surface area contributed by atoms with Crippen molar-refractivity contribution in [3.8, 4) is 22.8 Å². The molecule has 3 aromatic heterocycles. The van der Waals surface area contributed by atoms with Crippen LogP contribution in [0.5, 0.6) is 0 Å². The van der Waals surface area contributed by atoms with E-state index in [4.69, 9.17) is 10.3 Å². The number of benzene rings is 1. The van der Waals surface area contributed by atoms with Crippen LogP contribution in [0.25, 0.3) is 22.8 Å². The Bertz CT molecular complexity index is 1220. The summed E-state index contributed by atoms with van der Waals surface area (Å²) < 4.78 is 5.17. The van der Waals surface area contributed by atoms with E-state index in [1.165, 1.54) is 11.3 Å². The highest BCUT2D eigenvalue weighted by molar-refractivity contribution is 7.17. The average molecular weight is 434 g/mol. The van der Waals surface area contributed by atoms with E-state index in [1.54, 1.807) is 18.5 Å². The molecule has 0 spiro atoms. The number of nitrogens with one attached hydrogen (secondary N) is 1. The van der Waals surface area contributed by atoms with Crippen LogP contribution in [-0.2, 0) is 11.2 Å². The number of amides is 2. The van der Waals surface area contributed by atoms with Crippen LogP contribution in [0.1, 0.15) is 27.5 Å². The number of aromatic nitrogens is 4. The molecule has 0 bridgehead atoms. The monoisotopic (exact) mass is 434 g/mol. The molecular formula is C21H18N6O3S. The predicted octanol–water partition coefficient (Wildman–Crippen LogP) is 3.23. The number of carbonyl (C=O) groups excluding carboxylic acids is 2.